The largest absolute Gasteiger partial charge is 0.495 e. The molecule has 1 aliphatic rings. The van der Waals surface area contributed by atoms with E-state index < -0.39 is 0 Å². The lowest BCUT2D eigenvalue weighted by Crippen LogP contribution is -2.42. The first kappa shape index (κ1) is 24.7. The van der Waals surface area contributed by atoms with Crippen LogP contribution in [0.15, 0.2) is 36.4 Å². The van der Waals surface area contributed by atoms with Crippen molar-refractivity contribution in [1.29, 1.82) is 0 Å². The smallest absolute Gasteiger partial charge is 0.319 e. The molecule has 4 rings (SSSR count). The van der Waals surface area contributed by atoms with Crippen molar-refractivity contribution in [2.24, 2.45) is 0 Å². The predicted molar refractivity (Wildman–Crippen MR) is 140 cm³/mol. The van der Waals surface area contributed by atoms with E-state index in [-0.39, 0.29) is 18.1 Å². The van der Waals surface area contributed by atoms with Crippen LogP contribution in [0, 0.1) is 0 Å². The molecule has 3 aromatic rings. The molecule has 0 unspecified atom stereocenters. The Labute approximate surface area is 210 Å². The number of halogens is 1. The van der Waals surface area contributed by atoms with Gasteiger partial charge in [-0.05, 0) is 43.9 Å². The minimum atomic E-state index is -0.297. The van der Waals surface area contributed by atoms with E-state index >= 15 is 0 Å². The highest BCUT2D eigenvalue weighted by molar-refractivity contribution is 6.32. The number of nitrogens with one attached hydrogen (secondary N) is 3. The summed E-state index contributed by atoms with van der Waals surface area (Å²) in [6.07, 6.45) is 3.49. The van der Waals surface area contributed by atoms with Crippen LogP contribution < -0.4 is 30.3 Å². The number of methoxy groups -OCH3 is 2. The highest BCUT2D eigenvalue weighted by atomic mass is 35.5. The lowest BCUT2D eigenvalue weighted by atomic mass is 9.91. The van der Waals surface area contributed by atoms with Gasteiger partial charge in [0.1, 0.15) is 17.3 Å². The highest BCUT2D eigenvalue weighted by Crippen LogP contribution is 2.36. The summed E-state index contributed by atoms with van der Waals surface area (Å²) in [4.78, 5) is 24.1. The van der Waals surface area contributed by atoms with Crippen LogP contribution in [-0.4, -0.2) is 56.4 Å². The summed E-state index contributed by atoms with van der Waals surface area (Å²) in [5.41, 5.74) is 1.39. The Morgan fingerprint density at radius 1 is 1.00 bits per heavy atom. The number of fused-ring (bicyclic) bond motifs is 1. The molecule has 1 fully saturated rings. The molecule has 0 radical (unpaired) electrons. The number of carbonyl (C=O) groups excluding carboxylic acids is 1. The molecule has 1 heterocycles. The Morgan fingerprint density at radius 2 is 1.69 bits per heavy atom. The Morgan fingerprint density at radius 3 is 2.37 bits per heavy atom. The third-order valence-corrected chi connectivity index (χ3v) is 6.42. The van der Waals surface area contributed by atoms with Gasteiger partial charge in [0.25, 0.3) is 0 Å². The number of nitrogens with zero attached hydrogens (tertiary/aromatic N) is 3. The zero-order valence-corrected chi connectivity index (χ0v) is 21.1. The van der Waals surface area contributed by atoms with Crippen LogP contribution in [-0.2, 0) is 0 Å². The van der Waals surface area contributed by atoms with Crippen molar-refractivity contribution >= 4 is 46.0 Å². The van der Waals surface area contributed by atoms with Crippen LogP contribution in [0.5, 0.6) is 11.5 Å². The number of ether oxygens (including phenoxy) is 2. The topological polar surface area (TPSA) is 101 Å². The van der Waals surface area contributed by atoms with Crippen LogP contribution in [0.2, 0.25) is 5.02 Å². The molecule has 1 saturated carbocycles. The quantitative estimate of drug-likeness (QED) is 0.425. The third kappa shape index (κ3) is 5.79. The summed E-state index contributed by atoms with van der Waals surface area (Å²) in [5, 5.41) is 10.8. The van der Waals surface area contributed by atoms with Crippen molar-refractivity contribution in [3.8, 4) is 11.5 Å². The van der Waals surface area contributed by atoms with Gasteiger partial charge in [-0.15, -0.1) is 0 Å². The lowest BCUT2D eigenvalue weighted by molar-refractivity contribution is 0.243. The standard InChI is InChI=1S/C25H31ClN6O3/c1-32(2)23-17-7-5-6-8-19(17)29-24(31-23)27-15-9-11-16(12-10-15)28-25(33)30-20-13-18(26)21(34-3)14-22(20)35-4/h5-8,13-16H,9-12H2,1-4H3,(H,27,29,31)(H2,28,30,33)/t15-,16+. The molecule has 186 valence electrons. The predicted octanol–water partition coefficient (Wildman–Crippen LogP) is 4.91. The molecule has 0 bridgehead atoms. The van der Waals surface area contributed by atoms with Gasteiger partial charge in [-0.3, -0.25) is 0 Å². The minimum Gasteiger partial charge on any atom is -0.495 e. The molecule has 1 aromatic heterocycles. The van der Waals surface area contributed by atoms with Crippen molar-refractivity contribution in [2.75, 3.05) is 43.8 Å². The fraction of sp³-hybridized carbons (Fsp3) is 0.400. The molecule has 10 heteroatoms. The fourth-order valence-corrected chi connectivity index (χ4v) is 4.57. The van der Waals surface area contributed by atoms with E-state index in [1.807, 2.05) is 43.3 Å². The molecule has 2 amide bonds. The second-order valence-corrected chi connectivity index (χ2v) is 9.17. The van der Waals surface area contributed by atoms with Crippen molar-refractivity contribution in [1.82, 2.24) is 15.3 Å². The van der Waals surface area contributed by atoms with Crippen molar-refractivity contribution < 1.29 is 14.3 Å². The monoisotopic (exact) mass is 498 g/mol. The molecule has 0 aliphatic heterocycles. The van der Waals surface area contributed by atoms with Gasteiger partial charge < -0.3 is 30.3 Å². The second-order valence-electron chi connectivity index (χ2n) is 8.76. The van der Waals surface area contributed by atoms with Gasteiger partial charge in [0.2, 0.25) is 5.95 Å². The molecule has 9 nitrogen and oxygen atoms in total. The summed E-state index contributed by atoms with van der Waals surface area (Å²) in [5.74, 6) is 2.47. The fourth-order valence-electron chi connectivity index (χ4n) is 4.33. The molecule has 3 N–H and O–H groups in total. The number of carbonyl (C=O) groups is 1. The van der Waals surface area contributed by atoms with Crippen LogP contribution in [0.4, 0.5) is 22.2 Å². The van der Waals surface area contributed by atoms with Gasteiger partial charge in [-0.2, -0.15) is 4.98 Å². The van der Waals surface area contributed by atoms with Gasteiger partial charge in [0.05, 0.1) is 30.4 Å². The molecular weight excluding hydrogens is 468 g/mol. The zero-order chi connectivity index (χ0) is 24.9. The van der Waals surface area contributed by atoms with Crippen molar-refractivity contribution in [2.45, 2.75) is 37.8 Å². The first-order valence-electron chi connectivity index (χ1n) is 11.6. The van der Waals surface area contributed by atoms with Crippen LogP contribution in [0.1, 0.15) is 25.7 Å². The molecule has 0 atom stereocenters. The zero-order valence-electron chi connectivity index (χ0n) is 20.4. The maximum absolute atomic E-state index is 12.6. The SMILES string of the molecule is COc1cc(OC)c(NC(=O)N[C@H]2CC[C@@H](Nc3nc(N(C)C)c4ccccc4n3)CC2)cc1Cl. The number of hydrogen-bond donors (Lipinski definition) is 3. The summed E-state index contributed by atoms with van der Waals surface area (Å²) >= 11 is 6.20. The van der Waals surface area contributed by atoms with E-state index in [1.54, 1.807) is 12.1 Å². The molecular formula is C25H31ClN6O3. The van der Waals surface area contributed by atoms with Gasteiger partial charge in [0.15, 0.2) is 0 Å². The first-order chi connectivity index (χ1) is 16.9. The Balaban J connectivity index is 1.33. The molecule has 35 heavy (non-hydrogen) atoms. The highest BCUT2D eigenvalue weighted by Gasteiger charge is 2.24. The number of urea groups is 1. The van der Waals surface area contributed by atoms with Crippen LogP contribution >= 0.6 is 11.6 Å². The molecule has 0 spiro atoms. The van der Waals surface area contributed by atoms with Gasteiger partial charge >= 0.3 is 6.03 Å². The normalized spacial score (nSPS) is 17.5. The van der Waals surface area contributed by atoms with Crippen molar-refractivity contribution in [3.05, 3.63) is 41.4 Å². The van der Waals surface area contributed by atoms with E-state index in [0.29, 0.717) is 28.2 Å². The van der Waals surface area contributed by atoms with Crippen LogP contribution in [0.25, 0.3) is 10.9 Å². The first-order valence-corrected chi connectivity index (χ1v) is 12.0. The van der Waals surface area contributed by atoms with Crippen LogP contribution in [0.3, 0.4) is 0 Å². The van der Waals surface area contributed by atoms with Gasteiger partial charge in [-0.25, -0.2) is 9.78 Å². The van der Waals surface area contributed by atoms with E-state index in [1.165, 1.54) is 14.2 Å². The maximum atomic E-state index is 12.6. The summed E-state index contributed by atoms with van der Waals surface area (Å²) in [6, 6.07) is 11.3. The third-order valence-electron chi connectivity index (χ3n) is 6.12. The average molecular weight is 499 g/mol. The van der Waals surface area contributed by atoms with Gasteiger partial charge in [0, 0.05) is 37.6 Å². The Hall–Kier alpha value is -3.46. The number of amides is 2. The lowest BCUT2D eigenvalue weighted by Gasteiger charge is -2.30. The van der Waals surface area contributed by atoms with E-state index in [4.69, 9.17) is 31.0 Å². The number of hydrogen-bond acceptors (Lipinski definition) is 7. The summed E-state index contributed by atoms with van der Waals surface area (Å²) in [7, 11) is 7.02. The van der Waals surface area contributed by atoms with E-state index in [9.17, 15) is 4.79 Å². The van der Waals surface area contributed by atoms with E-state index in [0.717, 1.165) is 42.4 Å². The number of rotatable bonds is 7. The molecule has 1 aliphatic carbocycles. The van der Waals surface area contributed by atoms with Crippen molar-refractivity contribution in [3.63, 3.8) is 0 Å². The Kier molecular flexibility index (Phi) is 7.65. The number of para-hydroxylation sites is 1. The number of anilines is 3. The summed E-state index contributed by atoms with van der Waals surface area (Å²) in [6.45, 7) is 0. The number of aromatic nitrogens is 2. The minimum absolute atomic E-state index is 0.0719. The van der Waals surface area contributed by atoms with Gasteiger partial charge in [-0.1, -0.05) is 23.7 Å². The maximum Gasteiger partial charge on any atom is 0.319 e. The molecule has 0 saturated heterocycles. The number of benzene rings is 2. The molecule has 2 aromatic carbocycles. The summed E-state index contributed by atoms with van der Waals surface area (Å²) < 4.78 is 10.6. The van der Waals surface area contributed by atoms with E-state index in [2.05, 4.69) is 16.0 Å². The average Bonchev–Trinajstić information content (AvgIpc) is 2.85. The second kappa shape index (κ2) is 10.9. The Bertz CT molecular complexity index is 1200.